The summed E-state index contributed by atoms with van der Waals surface area (Å²) < 4.78 is 25.1. The molecule has 0 saturated heterocycles. The molecule has 1 unspecified atom stereocenters. The van der Waals surface area contributed by atoms with Crippen LogP contribution in [0.25, 0.3) is 0 Å². The second-order valence-corrected chi connectivity index (χ2v) is 5.26. The lowest BCUT2D eigenvalue weighted by Crippen LogP contribution is -2.24. The standard InChI is InChI=1S/C17H17FO3/c1-17(19,13-5-2-3-6-14(13)18)12-7-8-15-16(11-12)21-10-4-9-20-15/h2-3,5-8,11,19H,4,9-10H2,1H3. The molecule has 1 heterocycles. The predicted octanol–water partition coefficient (Wildman–Crippen LogP) is 3.24. The molecule has 1 atom stereocenters. The average Bonchev–Trinajstić information content (AvgIpc) is 2.72. The van der Waals surface area contributed by atoms with Crippen molar-refractivity contribution < 1.29 is 19.0 Å². The molecule has 3 rings (SSSR count). The third-order valence-electron chi connectivity index (χ3n) is 3.71. The average molecular weight is 288 g/mol. The van der Waals surface area contributed by atoms with Gasteiger partial charge in [0.1, 0.15) is 11.4 Å². The summed E-state index contributed by atoms with van der Waals surface area (Å²) in [5.74, 6) is 0.803. The van der Waals surface area contributed by atoms with Crippen LogP contribution in [0.1, 0.15) is 24.5 Å². The Morgan fingerprint density at radius 2 is 1.76 bits per heavy atom. The molecular formula is C17H17FO3. The molecule has 1 aliphatic heterocycles. The maximum Gasteiger partial charge on any atom is 0.161 e. The largest absolute Gasteiger partial charge is 0.490 e. The predicted molar refractivity (Wildman–Crippen MR) is 77.1 cm³/mol. The number of halogens is 1. The minimum Gasteiger partial charge on any atom is -0.490 e. The van der Waals surface area contributed by atoms with E-state index < -0.39 is 11.4 Å². The third-order valence-corrected chi connectivity index (χ3v) is 3.71. The van der Waals surface area contributed by atoms with Gasteiger partial charge in [-0.25, -0.2) is 4.39 Å². The zero-order valence-electron chi connectivity index (χ0n) is 11.8. The Balaban J connectivity index is 2.03. The Labute approximate surface area is 122 Å². The first-order valence-electron chi connectivity index (χ1n) is 6.96. The second kappa shape index (κ2) is 5.37. The minimum absolute atomic E-state index is 0.236. The van der Waals surface area contributed by atoms with Crippen LogP contribution in [0.15, 0.2) is 42.5 Å². The first-order valence-corrected chi connectivity index (χ1v) is 6.96. The fourth-order valence-corrected chi connectivity index (χ4v) is 2.48. The number of hydrogen-bond acceptors (Lipinski definition) is 3. The highest BCUT2D eigenvalue weighted by Gasteiger charge is 2.29. The van der Waals surface area contributed by atoms with Crippen LogP contribution in [0.4, 0.5) is 4.39 Å². The van der Waals surface area contributed by atoms with Crippen LogP contribution in [0.3, 0.4) is 0 Å². The van der Waals surface area contributed by atoms with Gasteiger partial charge in [-0.15, -0.1) is 0 Å². The third kappa shape index (κ3) is 2.59. The summed E-state index contributed by atoms with van der Waals surface area (Å²) >= 11 is 0. The molecule has 0 fully saturated rings. The first-order chi connectivity index (χ1) is 10.1. The maximum absolute atomic E-state index is 14.0. The van der Waals surface area contributed by atoms with E-state index in [0.717, 1.165) is 6.42 Å². The second-order valence-electron chi connectivity index (χ2n) is 5.26. The zero-order valence-corrected chi connectivity index (χ0v) is 11.8. The van der Waals surface area contributed by atoms with E-state index in [1.165, 1.54) is 6.07 Å². The van der Waals surface area contributed by atoms with Crippen LogP contribution < -0.4 is 9.47 Å². The highest BCUT2D eigenvalue weighted by atomic mass is 19.1. The Morgan fingerprint density at radius 3 is 2.52 bits per heavy atom. The molecule has 0 aliphatic carbocycles. The van der Waals surface area contributed by atoms with Crippen molar-refractivity contribution in [2.75, 3.05) is 13.2 Å². The summed E-state index contributed by atoms with van der Waals surface area (Å²) in [5, 5.41) is 10.8. The summed E-state index contributed by atoms with van der Waals surface area (Å²) in [4.78, 5) is 0. The minimum atomic E-state index is -1.43. The van der Waals surface area contributed by atoms with Crippen LogP contribution in [-0.4, -0.2) is 18.3 Å². The van der Waals surface area contributed by atoms with Gasteiger partial charge in [-0.1, -0.05) is 24.3 Å². The van der Waals surface area contributed by atoms with Gasteiger partial charge in [-0.3, -0.25) is 0 Å². The molecule has 0 aromatic heterocycles. The summed E-state index contributed by atoms with van der Waals surface area (Å²) in [5.41, 5.74) is -0.632. The highest BCUT2D eigenvalue weighted by Crippen LogP contribution is 2.37. The van der Waals surface area contributed by atoms with Crippen LogP contribution in [0.2, 0.25) is 0 Å². The SMILES string of the molecule is CC(O)(c1ccc2c(c1)OCCCO2)c1ccccc1F. The van der Waals surface area contributed by atoms with E-state index >= 15 is 0 Å². The van der Waals surface area contributed by atoms with Crippen molar-refractivity contribution in [3.8, 4) is 11.5 Å². The monoisotopic (exact) mass is 288 g/mol. The Kier molecular flexibility index (Phi) is 3.55. The van der Waals surface area contributed by atoms with Crippen molar-refractivity contribution in [2.45, 2.75) is 18.9 Å². The van der Waals surface area contributed by atoms with Gasteiger partial charge in [0.15, 0.2) is 11.5 Å². The number of fused-ring (bicyclic) bond motifs is 1. The molecule has 0 spiro atoms. The van der Waals surface area contributed by atoms with Gasteiger partial charge < -0.3 is 14.6 Å². The Hall–Kier alpha value is -2.07. The number of hydrogen-bond donors (Lipinski definition) is 1. The van der Waals surface area contributed by atoms with E-state index in [2.05, 4.69) is 0 Å². The molecule has 1 N–H and O–H groups in total. The lowest BCUT2D eigenvalue weighted by Gasteiger charge is -2.25. The number of ether oxygens (including phenoxy) is 2. The van der Waals surface area contributed by atoms with Gasteiger partial charge in [0.05, 0.1) is 13.2 Å². The number of aliphatic hydroxyl groups is 1. The summed E-state index contributed by atoms with van der Waals surface area (Å²) in [6, 6.07) is 11.4. The molecule has 4 heteroatoms. The topological polar surface area (TPSA) is 38.7 Å². The molecule has 110 valence electrons. The van der Waals surface area contributed by atoms with Gasteiger partial charge >= 0.3 is 0 Å². The Morgan fingerprint density at radius 1 is 1.05 bits per heavy atom. The lowest BCUT2D eigenvalue weighted by molar-refractivity contribution is 0.0975. The fraction of sp³-hybridized carbons (Fsp3) is 0.294. The van der Waals surface area contributed by atoms with E-state index in [1.807, 2.05) is 0 Å². The fourth-order valence-electron chi connectivity index (χ4n) is 2.48. The van der Waals surface area contributed by atoms with Crippen molar-refractivity contribution in [1.29, 1.82) is 0 Å². The molecule has 2 aromatic rings. The van der Waals surface area contributed by atoms with E-state index in [0.29, 0.717) is 30.3 Å². The van der Waals surface area contributed by atoms with E-state index in [9.17, 15) is 9.50 Å². The quantitative estimate of drug-likeness (QED) is 0.922. The highest BCUT2D eigenvalue weighted by molar-refractivity contribution is 5.47. The van der Waals surface area contributed by atoms with Crippen LogP contribution >= 0.6 is 0 Å². The zero-order chi connectivity index (χ0) is 14.9. The van der Waals surface area contributed by atoms with E-state index in [4.69, 9.17) is 9.47 Å². The normalized spacial score (nSPS) is 16.9. The van der Waals surface area contributed by atoms with Crippen LogP contribution in [0.5, 0.6) is 11.5 Å². The molecule has 0 bridgehead atoms. The Bertz CT molecular complexity index is 652. The van der Waals surface area contributed by atoms with Crippen molar-refractivity contribution in [1.82, 2.24) is 0 Å². The molecule has 0 amide bonds. The summed E-state index contributed by atoms with van der Waals surface area (Å²) in [6.07, 6.45) is 0.813. The molecule has 1 aliphatic rings. The molecular weight excluding hydrogens is 271 g/mol. The van der Waals surface area contributed by atoms with Crippen molar-refractivity contribution in [2.24, 2.45) is 0 Å². The molecule has 0 radical (unpaired) electrons. The smallest absolute Gasteiger partial charge is 0.161 e. The van der Waals surface area contributed by atoms with Crippen molar-refractivity contribution in [3.05, 3.63) is 59.4 Å². The lowest BCUT2D eigenvalue weighted by atomic mass is 9.87. The summed E-state index contributed by atoms with van der Waals surface area (Å²) in [6.45, 7) is 2.75. The van der Waals surface area contributed by atoms with Gasteiger partial charge in [-0.05, 0) is 30.7 Å². The van der Waals surface area contributed by atoms with Gasteiger partial charge in [-0.2, -0.15) is 0 Å². The van der Waals surface area contributed by atoms with Crippen molar-refractivity contribution in [3.63, 3.8) is 0 Å². The molecule has 3 nitrogen and oxygen atoms in total. The van der Waals surface area contributed by atoms with E-state index in [1.54, 1.807) is 43.3 Å². The van der Waals surface area contributed by atoms with Gasteiger partial charge in [0.2, 0.25) is 0 Å². The van der Waals surface area contributed by atoms with Gasteiger partial charge in [0, 0.05) is 12.0 Å². The molecule has 0 saturated carbocycles. The van der Waals surface area contributed by atoms with Crippen LogP contribution in [0, 0.1) is 5.82 Å². The maximum atomic E-state index is 14.0. The van der Waals surface area contributed by atoms with Gasteiger partial charge in [0.25, 0.3) is 0 Å². The molecule has 21 heavy (non-hydrogen) atoms. The first kappa shape index (κ1) is 13.9. The summed E-state index contributed by atoms with van der Waals surface area (Å²) in [7, 11) is 0. The number of rotatable bonds is 2. The van der Waals surface area contributed by atoms with Crippen LogP contribution in [-0.2, 0) is 5.60 Å². The van der Waals surface area contributed by atoms with E-state index in [-0.39, 0.29) is 5.56 Å². The number of benzene rings is 2. The van der Waals surface area contributed by atoms with Crippen molar-refractivity contribution >= 4 is 0 Å². The molecule has 2 aromatic carbocycles.